The summed E-state index contributed by atoms with van der Waals surface area (Å²) < 4.78 is 6.96. The van der Waals surface area contributed by atoms with Crippen molar-refractivity contribution in [2.24, 2.45) is 5.41 Å². The molecule has 1 aromatic rings. The van der Waals surface area contributed by atoms with E-state index in [1.807, 2.05) is 6.07 Å². The van der Waals surface area contributed by atoms with Gasteiger partial charge < -0.3 is 14.1 Å². The van der Waals surface area contributed by atoms with Crippen LogP contribution in [0.5, 0.6) is 5.75 Å². The molecule has 5 atom stereocenters. The second-order valence-corrected chi connectivity index (χ2v) is 9.74. The summed E-state index contributed by atoms with van der Waals surface area (Å²) in [5, 5.41) is 0. The van der Waals surface area contributed by atoms with Gasteiger partial charge in [-0.25, -0.2) is 0 Å². The Balaban J connectivity index is 1.80. The summed E-state index contributed by atoms with van der Waals surface area (Å²) in [6.07, 6.45) is 7.55. The van der Waals surface area contributed by atoms with E-state index in [-0.39, 0.29) is 11.3 Å². The molecule has 1 aromatic carbocycles. The number of anilines is 1. The maximum absolute atomic E-state index is 12.9. The van der Waals surface area contributed by atoms with Gasteiger partial charge in [-0.15, -0.1) is 0 Å². The number of likely N-dealkylation sites (N-methyl/N-ethyl adjacent to an activating group) is 1. The van der Waals surface area contributed by atoms with Gasteiger partial charge in [-0.1, -0.05) is 19.1 Å². The van der Waals surface area contributed by atoms with Gasteiger partial charge in [0.25, 0.3) is 0 Å². The van der Waals surface area contributed by atoms with Crippen LogP contribution in [0.3, 0.4) is 0 Å². The maximum atomic E-state index is 12.9. The summed E-state index contributed by atoms with van der Waals surface area (Å²) in [6.45, 7) is 6.68. The molecule has 0 radical (unpaired) electrons. The molecule has 3 fully saturated rings. The highest BCUT2D eigenvalue weighted by molar-refractivity contribution is 5.98. The van der Waals surface area contributed by atoms with Crippen LogP contribution in [0.2, 0.25) is 0 Å². The van der Waals surface area contributed by atoms with Gasteiger partial charge in [0.15, 0.2) is 0 Å². The van der Waals surface area contributed by atoms with Crippen LogP contribution in [-0.4, -0.2) is 49.7 Å². The Kier molecular flexibility index (Phi) is 3.57. The van der Waals surface area contributed by atoms with E-state index >= 15 is 0 Å². The molecule has 1 saturated carbocycles. The second-order valence-electron chi connectivity index (χ2n) is 9.74. The minimum absolute atomic E-state index is 0.0962. The summed E-state index contributed by atoms with van der Waals surface area (Å²) in [5.41, 5.74) is 2.99. The Hall–Kier alpha value is -1.55. The minimum Gasteiger partial charge on any atom is -0.495 e. The number of hydrogen-bond donors (Lipinski definition) is 0. The summed E-state index contributed by atoms with van der Waals surface area (Å²) in [7, 11) is 4.24. The molecule has 27 heavy (non-hydrogen) atoms. The van der Waals surface area contributed by atoms with Crippen LogP contribution >= 0.6 is 0 Å². The molecule has 1 amide bonds. The fourth-order valence-corrected chi connectivity index (χ4v) is 8.14. The number of quaternary nitrogens is 1. The van der Waals surface area contributed by atoms with Crippen LogP contribution in [0.25, 0.3) is 0 Å². The zero-order valence-electron chi connectivity index (χ0n) is 17.3. The standard InChI is InChI=1S/C23H33N2O2/c1-5-22-11-7-14-25(3)15-13-23(21(22)25)17-8-6-9-18(27-4)20(17)24(16(2)26)19(23)10-12-22/h6,8-9,19,21H,5,7,10-15H2,1-4H3/q+1. The molecule has 3 aliphatic heterocycles. The normalized spacial score (nSPS) is 41.7. The smallest absolute Gasteiger partial charge is 0.224 e. The molecular weight excluding hydrogens is 336 g/mol. The first-order valence-electron chi connectivity index (χ1n) is 10.7. The highest BCUT2D eigenvalue weighted by Crippen LogP contribution is 2.68. The van der Waals surface area contributed by atoms with Crippen molar-refractivity contribution in [2.75, 3.05) is 32.1 Å². The first kappa shape index (κ1) is 17.5. The number of rotatable bonds is 2. The molecule has 0 N–H and O–H groups in total. The van der Waals surface area contributed by atoms with E-state index in [1.54, 1.807) is 14.0 Å². The lowest BCUT2D eigenvalue weighted by atomic mass is 9.52. The first-order valence-corrected chi connectivity index (χ1v) is 10.7. The molecule has 4 nitrogen and oxygen atoms in total. The number of carbonyl (C=O) groups excluding carboxylic acids is 1. The Labute approximate surface area is 163 Å². The van der Waals surface area contributed by atoms with Gasteiger partial charge in [-0.2, -0.15) is 0 Å². The molecule has 0 aromatic heterocycles. The maximum Gasteiger partial charge on any atom is 0.224 e. The van der Waals surface area contributed by atoms with E-state index < -0.39 is 0 Å². The predicted molar refractivity (Wildman–Crippen MR) is 107 cm³/mol. The number of fused-ring (bicyclic) bond motifs is 1. The predicted octanol–water partition coefficient (Wildman–Crippen LogP) is 3.87. The van der Waals surface area contributed by atoms with Crippen LogP contribution in [0.1, 0.15) is 57.9 Å². The highest BCUT2D eigenvalue weighted by atomic mass is 16.5. The third-order valence-corrected chi connectivity index (χ3v) is 8.90. The fourth-order valence-electron chi connectivity index (χ4n) is 8.14. The van der Waals surface area contributed by atoms with Crippen molar-refractivity contribution in [3.05, 3.63) is 23.8 Å². The van der Waals surface area contributed by atoms with Crippen LogP contribution in [0.4, 0.5) is 5.69 Å². The fraction of sp³-hybridized carbons (Fsp3) is 0.696. The van der Waals surface area contributed by atoms with Crippen LogP contribution in [-0.2, 0) is 10.2 Å². The van der Waals surface area contributed by atoms with Crippen LogP contribution in [0.15, 0.2) is 18.2 Å². The number of benzene rings is 1. The number of nitrogens with zero attached hydrogens (tertiary/aromatic N) is 2. The lowest BCUT2D eigenvalue weighted by Gasteiger charge is -2.59. The largest absolute Gasteiger partial charge is 0.495 e. The number of piperidine rings is 1. The average molecular weight is 370 g/mol. The van der Waals surface area contributed by atoms with Crippen molar-refractivity contribution in [1.82, 2.24) is 0 Å². The molecule has 5 unspecified atom stereocenters. The van der Waals surface area contributed by atoms with Gasteiger partial charge in [0, 0.05) is 18.8 Å². The number of para-hydroxylation sites is 1. The van der Waals surface area contributed by atoms with E-state index in [4.69, 9.17) is 4.74 Å². The lowest BCUT2D eigenvalue weighted by molar-refractivity contribution is -0.937. The minimum atomic E-state index is 0.0962. The summed E-state index contributed by atoms with van der Waals surface area (Å²) in [6, 6.07) is 7.39. The zero-order chi connectivity index (χ0) is 19.0. The number of methoxy groups -OCH3 is 1. The third kappa shape index (κ3) is 1.90. The van der Waals surface area contributed by atoms with Crippen molar-refractivity contribution < 1.29 is 14.0 Å². The lowest BCUT2D eigenvalue weighted by Crippen LogP contribution is -2.70. The quantitative estimate of drug-likeness (QED) is 0.741. The van der Waals surface area contributed by atoms with Crippen molar-refractivity contribution in [3.8, 4) is 5.75 Å². The molecule has 5 rings (SSSR count). The number of carbonyl (C=O) groups is 1. The van der Waals surface area contributed by atoms with E-state index in [0.717, 1.165) is 17.9 Å². The summed E-state index contributed by atoms with van der Waals surface area (Å²) >= 11 is 0. The molecule has 0 bridgehead atoms. The van der Waals surface area contributed by atoms with Gasteiger partial charge in [0.1, 0.15) is 11.8 Å². The van der Waals surface area contributed by atoms with E-state index in [0.29, 0.717) is 17.5 Å². The Morgan fingerprint density at radius 1 is 1.30 bits per heavy atom. The average Bonchev–Trinajstić information content (AvgIpc) is 3.15. The van der Waals surface area contributed by atoms with Gasteiger partial charge in [0.2, 0.25) is 5.91 Å². The number of hydrogen-bond acceptors (Lipinski definition) is 2. The van der Waals surface area contributed by atoms with Crippen molar-refractivity contribution >= 4 is 11.6 Å². The van der Waals surface area contributed by atoms with Gasteiger partial charge in [0.05, 0.1) is 44.4 Å². The monoisotopic (exact) mass is 369 g/mol. The number of ether oxygens (including phenoxy) is 1. The van der Waals surface area contributed by atoms with Crippen molar-refractivity contribution in [3.63, 3.8) is 0 Å². The zero-order valence-corrected chi connectivity index (χ0v) is 17.3. The summed E-state index contributed by atoms with van der Waals surface area (Å²) in [5.74, 6) is 1.04. The third-order valence-electron chi connectivity index (χ3n) is 8.90. The van der Waals surface area contributed by atoms with Crippen LogP contribution < -0.4 is 9.64 Å². The molecular formula is C23H33N2O2+. The van der Waals surface area contributed by atoms with Crippen molar-refractivity contribution in [1.29, 1.82) is 0 Å². The number of amides is 1. The van der Waals surface area contributed by atoms with Crippen molar-refractivity contribution in [2.45, 2.75) is 69.9 Å². The highest BCUT2D eigenvalue weighted by Gasteiger charge is 2.74. The van der Waals surface area contributed by atoms with Gasteiger partial charge in [-0.3, -0.25) is 4.79 Å². The van der Waals surface area contributed by atoms with Gasteiger partial charge >= 0.3 is 0 Å². The van der Waals surface area contributed by atoms with E-state index in [1.165, 1.54) is 55.2 Å². The molecule has 4 aliphatic rings. The van der Waals surface area contributed by atoms with E-state index in [9.17, 15) is 4.79 Å². The molecule has 3 heterocycles. The Morgan fingerprint density at radius 3 is 2.81 bits per heavy atom. The summed E-state index contributed by atoms with van der Waals surface area (Å²) in [4.78, 5) is 15.0. The topological polar surface area (TPSA) is 29.5 Å². The molecule has 1 spiro atoms. The SMILES string of the molecule is CCC12CCC[N+]3(C)CCC4(c5cccc(OC)c5N(C(C)=O)C4CC1)C23. The van der Waals surface area contributed by atoms with E-state index in [2.05, 4.69) is 31.0 Å². The second kappa shape index (κ2) is 5.50. The molecule has 146 valence electrons. The van der Waals surface area contributed by atoms with Gasteiger partial charge in [-0.05, 0) is 43.7 Å². The Bertz CT molecular complexity index is 808. The van der Waals surface area contributed by atoms with Crippen LogP contribution in [0, 0.1) is 5.41 Å². The molecule has 4 heteroatoms. The molecule has 2 saturated heterocycles. The Morgan fingerprint density at radius 2 is 2.11 bits per heavy atom. The molecule has 1 aliphatic carbocycles. The first-order chi connectivity index (χ1) is 12.9.